The fourth-order valence-electron chi connectivity index (χ4n) is 2.58. The summed E-state index contributed by atoms with van der Waals surface area (Å²) in [5.74, 6) is 0.786. The van der Waals surface area contributed by atoms with Crippen LogP contribution in [0, 0.1) is 0 Å². The molecule has 1 saturated carbocycles. The van der Waals surface area contributed by atoms with E-state index in [0.717, 1.165) is 16.6 Å². The van der Waals surface area contributed by atoms with Crippen LogP contribution < -0.4 is 11.5 Å². The first kappa shape index (κ1) is 15.8. The second-order valence-electron chi connectivity index (χ2n) is 5.96. The number of anilines is 1. The molecule has 4 aromatic heterocycles. The molecule has 128 valence electrons. The van der Waals surface area contributed by atoms with E-state index in [4.69, 9.17) is 23.1 Å². The van der Waals surface area contributed by atoms with Gasteiger partial charge in [-0.1, -0.05) is 18.0 Å². The molecule has 1 aliphatic carbocycles. The first-order chi connectivity index (χ1) is 12.1. The quantitative estimate of drug-likeness (QED) is 0.540. The van der Waals surface area contributed by atoms with Gasteiger partial charge in [-0.25, -0.2) is 19.5 Å². The Morgan fingerprint density at radius 2 is 1.88 bits per heavy atom. The van der Waals surface area contributed by atoms with Crippen LogP contribution in [0.5, 0.6) is 0 Å². The SMILES string of the molecule is NC1CCC1.Nc1ncc2c(-c3cnc4ncc(Cl)n4c3)ccn2n1. The van der Waals surface area contributed by atoms with Gasteiger partial charge in [0, 0.05) is 35.8 Å². The fourth-order valence-corrected chi connectivity index (χ4v) is 2.76. The largest absolute Gasteiger partial charge is 0.367 e. The zero-order valence-electron chi connectivity index (χ0n) is 13.4. The Kier molecular flexibility index (Phi) is 3.98. The average molecular weight is 357 g/mol. The van der Waals surface area contributed by atoms with E-state index in [9.17, 15) is 0 Å². The lowest BCUT2D eigenvalue weighted by molar-refractivity contribution is 0.418. The third kappa shape index (κ3) is 3.01. The van der Waals surface area contributed by atoms with E-state index in [1.165, 1.54) is 19.3 Å². The second kappa shape index (κ2) is 6.30. The lowest BCUT2D eigenvalue weighted by Gasteiger charge is -2.18. The highest BCUT2D eigenvalue weighted by atomic mass is 35.5. The van der Waals surface area contributed by atoms with Gasteiger partial charge in [0.05, 0.1) is 17.9 Å². The first-order valence-corrected chi connectivity index (χ1v) is 8.34. The van der Waals surface area contributed by atoms with Crippen LogP contribution in [-0.2, 0) is 0 Å². The summed E-state index contributed by atoms with van der Waals surface area (Å²) in [5, 5.41) is 4.62. The van der Waals surface area contributed by atoms with Crippen LogP contribution in [0.2, 0.25) is 5.15 Å². The Balaban J connectivity index is 0.000000272. The Bertz CT molecular complexity index is 1030. The summed E-state index contributed by atoms with van der Waals surface area (Å²) >= 11 is 6.06. The number of nitrogens with two attached hydrogens (primary N) is 2. The van der Waals surface area contributed by atoms with Crippen molar-refractivity contribution in [2.45, 2.75) is 25.3 Å². The minimum absolute atomic E-state index is 0.228. The number of imidazole rings is 1. The molecule has 0 spiro atoms. The zero-order chi connectivity index (χ0) is 17.4. The van der Waals surface area contributed by atoms with Gasteiger partial charge in [0.2, 0.25) is 11.7 Å². The molecule has 4 aromatic rings. The van der Waals surface area contributed by atoms with E-state index >= 15 is 0 Å². The van der Waals surface area contributed by atoms with Crippen LogP contribution in [0.25, 0.3) is 22.4 Å². The molecule has 0 bridgehead atoms. The minimum Gasteiger partial charge on any atom is -0.367 e. The summed E-state index contributed by atoms with van der Waals surface area (Å²) < 4.78 is 3.40. The number of hydrogen-bond donors (Lipinski definition) is 2. The molecular weight excluding hydrogens is 340 g/mol. The van der Waals surface area contributed by atoms with Crippen LogP contribution in [0.1, 0.15) is 19.3 Å². The highest BCUT2D eigenvalue weighted by molar-refractivity contribution is 6.29. The highest BCUT2D eigenvalue weighted by Gasteiger charge is 2.10. The molecule has 1 aliphatic rings. The monoisotopic (exact) mass is 356 g/mol. The number of rotatable bonds is 1. The molecule has 25 heavy (non-hydrogen) atoms. The number of hydrogen-bond acceptors (Lipinski definition) is 6. The van der Waals surface area contributed by atoms with Crippen LogP contribution in [0.15, 0.2) is 37.1 Å². The molecule has 0 unspecified atom stereocenters. The van der Waals surface area contributed by atoms with E-state index in [0.29, 0.717) is 17.0 Å². The zero-order valence-corrected chi connectivity index (χ0v) is 14.1. The van der Waals surface area contributed by atoms with Gasteiger partial charge in [0.25, 0.3) is 0 Å². The second-order valence-corrected chi connectivity index (χ2v) is 6.35. The van der Waals surface area contributed by atoms with Gasteiger partial charge in [-0.05, 0) is 18.9 Å². The molecule has 5 rings (SSSR count). The number of halogens is 1. The van der Waals surface area contributed by atoms with Gasteiger partial charge < -0.3 is 11.5 Å². The molecule has 0 aliphatic heterocycles. The molecule has 0 saturated heterocycles. The summed E-state index contributed by atoms with van der Waals surface area (Å²) in [6, 6.07) is 2.49. The topological polar surface area (TPSA) is 112 Å². The number of fused-ring (bicyclic) bond motifs is 2. The van der Waals surface area contributed by atoms with Crippen molar-refractivity contribution in [1.29, 1.82) is 0 Å². The summed E-state index contributed by atoms with van der Waals surface area (Å²) in [5.41, 5.74) is 13.6. The van der Waals surface area contributed by atoms with Crippen LogP contribution in [0.4, 0.5) is 5.95 Å². The first-order valence-electron chi connectivity index (χ1n) is 7.96. The molecular formula is C16H17ClN8. The lowest BCUT2D eigenvalue weighted by atomic mass is 9.95. The Labute approximate surface area is 148 Å². The smallest absolute Gasteiger partial charge is 0.238 e. The fraction of sp³-hybridized carbons (Fsp3) is 0.250. The van der Waals surface area contributed by atoms with Gasteiger partial charge in [0.15, 0.2) is 0 Å². The van der Waals surface area contributed by atoms with Crippen molar-refractivity contribution in [2.75, 3.05) is 5.73 Å². The normalized spacial score (nSPS) is 14.3. The predicted molar refractivity (Wildman–Crippen MR) is 96.2 cm³/mol. The van der Waals surface area contributed by atoms with Crippen molar-refractivity contribution >= 4 is 28.8 Å². The highest BCUT2D eigenvalue weighted by Crippen LogP contribution is 2.25. The molecule has 0 atom stereocenters. The third-order valence-electron chi connectivity index (χ3n) is 4.21. The van der Waals surface area contributed by atoms with Gasteiger partial charge in [-0.3, -0.25) is 4.40 Å². The predicted octanol–water partition coefficient (Wildman–Crippen LogP) is 2.17. The maximum atomic E-state index is 6.06. The Hall–Kier alpha value is -2.71. The number of nitrogen functional groups attached to an aromatic ring is 1. The summed E-state index contributed by atoms with van der Waals surface area (Å²) in [4.78, 5) is 12.4. The molecule has 1 fully saturated rings. The molecule has 4 heterocycles. The summed E-state index contributed by atoms with van der Waals surface area (Å²) in [6.45, 7) is 0. The van der Waals surface area contributed by atoms with Crippen molar-refractivity contribution in [3.8, 4) is 11.1 Å². The molecule has 0 aromatic carbocycles. The van der Waals surface area contributed by atoms with E-state index in [2.05, 4.69) is 20.1 Å². The van der Waals surface area contributed by atoms with Gasteiger partial charge in [0.1, 0.15) is 5.15 Å². The van der Waals surface area contributed by atoms with Crippen molar-refractivity contribution in [1.82, 2.24) is 29.0 Å². The van der Waals surface area contributed by atoms with Gasteiger partial charge in [-0.2, -0.15) is 0 Å². The van der Waals surface area contributed by atoms with E-state index < -0.39 is 0 Å². The van der Waals surface area contributed by atoms with E-state index in [-0.39, 0.29) is 5.95 Å². The maximum Gasteiger partial charge on any atom is 0.238 e. The summed E-state index contributed by atoms with van der Waals surface area (Å²) in [7, 11) is 0. The number of aromatic nitrogens is 6. The van der Waals surface area contributed by atoms with Crippen molar-refractivity contribution in [2.24, 2.45) is 5.73 Å². The molecule has 9 heteroatoms. The maximum absolute atomic E-state index is 6.06. The van der Waals surface area contributed by atoms with Crippen molar-refractivity contribution in [3.05, 3.63) is 42.2 Å². The Morgan fingerprint density at radius 3 is 2.60 bits per heavy atom. The van der Waals surface area contributed by atoms with E-state index in [1.54, 1.807) is 27.5 Å². The summed E-state index contributed by atoms with van der Waals surface area (Å²) in [6.07, 6.45) is 12.6. The van der Waals surface area contributed by atoms with Gasteiger partial charge >= 0.3 is 0 Å². The van der Waals surface area contributed by atoms with Crippen LogP contribution >= 0.6 is 11.6 Å². The van der Waals surface area contributed by atoms with E-state index in [1.807, 2.05) is 18.5 Å². The minimum atomic E-state index is 0.228. The molecule has 0 amide bonds. The molecule has 4 N–H and O–H groups in total. The van der Waals surface area contributed by atoms with Crippen LogP contribution in [-0.4, -0.2) is 35.0 Å². The lowest BCUT2D eigenvalue weighted by Crippen LogP contribution is -2.27. The Morgan fingerprint density at radius 1 is 1.12 bits per heavy atom. The van der Waals surface area contributed by atoms with Gasteiger partial charge in [-0.15, -0.1) is 5.10 Å². The standard InChI is InChI=1S/C12H8ClN7.C4H9N/c13-10-5-17-12-16-3-7(6-19(10)12)8-1-2-20-9(8)4-15-11(14)18-20;5-4-2-1-3-4/h1-6H,(H2,14,18);4H,1-3,5H2. The van der Waals surface area contributed by atoms with Crippen molar-refractivity contribution < 1.29 is 0 Å². The number of nitrogens with zero attached hydrogens (tertiary/aromatic N) is 6. The average Bonchev–Trinajstić information content (AvgIpc) is 3.17. The molecule has 8 nitrogen and oxygen atoms in total. The third-order valence-corrected chi connectivity index (χ3v) is 4.49. The molecule has 0 radical (unpaired) electrons. The van der Waals surface area contributed by atoms with Crippen LogP contribution in [0.3, 0.4) is 0 Å². The van der Waals surface area contributed by atoms with Crippen molar-refractivity contribution in [3.63, 3.8) is 0 Å².